The van der Waals surface area contributed by atoms with Crippen LogP contribution in [0.2, 0.25) is 0 Å². The Bertz CT molecular complexity index is 980. The van der Waals surface area contributed by atoms with Crippen LogP contribution in [0.3, 0.4) is 0 Å². The molecule has 2 aromatic rings. The standard InChI is InChI=1S/C24H26N2O/c1-16-8-6-7-9-19(16)24-20-12-10-17(25(2)3)14-22(20)27-23-15-18(26(4)5)11-13-21(23)24/h6-15,17H,1-5H3/p+1. The van der Waals surface area contributed by atoms with Gasteiger partial charge in [-0.05, 0) is 42.3 Å². The van der Waals surface area contributed by atoms with Gasteiger partial charge in [-0.3, -0.25) is 0 Å². The highest BCUT2D eigenvalue weighted by atomic mass is 16.5. The number of nitrogens with zero attached hydrogens (tertiary/aromatic N) is 1. The summed E-state index contributed by atoms with van der Waals surface area (Å²) in [5.74, 6) is 1.89. The second-order valence-corrected chi connectivity index (χ2v) is 7.77. The first-order valence-electron chi connectivity index (χ1n) is 9.46. The molecule has 27 heavy (non-hydrogen) atoms. The van der Waals surface area contributed by atoms with Crippen molar-refractivity contribution in [2.24, 2.45) is 0 Å². The molecule has 0 aromatic heterocycles. The summed E-state index contributed by atoms with van der Waals surface area (Å²) in [5.41, 5.74) is 7.27. The highest BCUT2D eigenvalue weighted by molar-refractivity contribution is 5.92. The van der Waals surface area contributed by atoms with Crippen molar-refractivity contribution in [1.29, 1.82) is 0 Å². The minimum absolute atomic E-state index is 0.320. The van der Waals surface area contributed by atoms with Crippen LogP contribution in [0.4, 0.5) is 5.69 Å². The average molecular weight is 359 g/mol. The number of likely N-dealkylation sites (N-methyl/N-ethyl adjacent to an activating group) is 1. The molecule has 2 aliphatic rings. The number of hydrogen-bond acceptors (Lipinski definition) is 2. The predicted octanol–water partition coefficient (Wildman–Crippen LogP) is 3.22. The maximum Gasteiger partial charge on any atom is 0.137 e. The summed E-state index contributed by atoms with van der Waals surface area (Å²) in [6, 6.07) is 15.4. The van der Waals surface area contributed by atoms with Gasteiger partial charge in [0.1, 0.15) is 17.6 Å². The molecule has 1 heterocycles. The molecule has 0 bridgehead atoms. The van der Waals surface area contributed by atoms with Gasteiger partial charge in [0.15, 0.2) is 0 Å². The Labute approximate surface area is 161 Å². The van der Waals surface area contributed by atoms with Crippen molar-refractivity contribution in [2.45, 2.75) is 13.0 Å². The van der Waals surface area contributed by atoms with Gasteiger partial charge >= 0.3 is 0 Å². The first kappa shape index (κ1) is 17.6. The van der Waals surface area contributed by atoms with E-state index in [1.54, 1.807) is 0 Å². The van der Waals surface area contributed by atoms with Gasteiger partial charge in [-0.1, -0.05) is 24.3 Å². The van der Waals surface area contributed by atoms with E-state index < -0.39 is 0 Å². The molecule has 0 fully saturated rings. The Morgan fingerprint density at radius 3 is 2.48 bits per heavy atom. The molecule has 3 heteroatoms. The highest BCUT2D eigenvalue weighted by Gasteiger charge is 2.29. The number of rotatable bonds is 3. The Balaban J connectivity index is 1.96. The van der Waals surface area contributed by atoms with Gasteiger partial charge < -0.3 is 14.5 Å². The number of allylic oxidation sites excluding steroid dienone is 1. The highest BCUT2D eigenvalue weighted by Crippen LogP contribution is 2.44. The maximum atomic E-state index is 6.41. The number of fused-ring (bicyclic) bond motifs is 2. The van der Waals surface area contributed by atoms with Gasteiger partial charge in [-0.25, -0.2) is 0 Å². The van der Waals surface area contributed by atoms with Gasteiger partial charge in [0.05, 0.1) is 14.1 Å². The molecule has 0 amide bonds. The Morgan fingerprint density at radius 1 is 1.00 bits per heavy atom. The second-order valence-electron chi connectivity index (χ2n) is 7.77. The van der Waals surface area contributed by atoms with E-state index in [1.165, 1.54) is 27.2 Å². The van der Waals surface area contributed by atoms with Crippen LogP contribution in [0.1, 0.15) is 16.7 Å². The van der Waals surface area contributed by atoms with Gasteiger partial charge in [-0.2, -0.15) is 0 Å². The van der Waals surface area contributed by atoms with E-state index in [4.69, 9.17) is 4.74 Å². The number of benzene rings is 2. The number of hydrogen-bond donors (Lipinski definition) is 1. The van der Waals surface area contributed by atoms with E-state index >= 15 is 0 Å². The van der Waals surface area contributed by atoms with Crippen molar-refractivity contribution in [1.82, 2.24) is 0 Å². The average Bonchev–Trinajstić information content (AvgIpc) is 2.65. The molecule has 0 radical (unpaired) electrons. The van der Waals surface area contributed by atoms with Crippen LogP contribution in [0.25, 0.3) is 5.57 Å². The minimum Gasteiger partial charge on any atom is -0.456 e. The van der Waals surface area contributed by atoms with E-state index in [0.29, 0.717) is 6.04 Å². The fraction of sp³-hybridized carbons (Fsp3) is 0.250. The molecule has 3 nitrogen and oxygen atoms in total. The van der Waals surface area contributed by atoms with Gasteiger partial charge in [0.25, 0.3) is 0 Å². The van der Waals surface area contributed by atoms with E-state index in [-0.39, 0.29) is 0 Å². The Hall–Kier alpha value is -2.78. The molecule has 1 N–H and O–H groups in total. The zero-order valence-corrected chi connectivity index (χ0v) is 16.7. The van der Waals surface area contributed by atoms with Crippen molar-refractivity contribution in [2.75, 3.05) is 33.1 Å². The lowest BCUT2D eigenvalue weighted by atomic mass is 9.85. The van der Waals surface area contributed by atoms with Crippen molar-refractivity contribution >= 4 is 11.3 Å². The molecule has 1 atom stereocenters. The lowest BCUT2D eigenvalue weighted by molar-refractivity contribution is -0.871. The van der Waals surface area contributed by atoms with Crippen LogP contribution in [0.5, 0.6) is 5.75 Å². The van der Waals surface area contributed by atoms with Crippen LogP contribution in [0.15, 0.2) is 72.0 Å². The van der Waals surface area contributed by atoms with Gasteiger partial charge in [0.2, 0.25) is 0 Å². The smallest absolute Gasteiger partial charge is 0.137 e. The van der Waals surface area contributed by atoms with Crippen molar-refractivity contribution < 1.29 is 9.64 Å². The molecular formula is C24H27N2O+. The quantitative estimate of drug-likeness (QED) is 0.906. The van der Waals surface area contributed by atoms with Crippen molar-refractivity contribution in [3.05, 3.63) is 88.7 Å². The summed E-state index contributed by atoms with van der Waals surface area (Å²) in [7, 11) is 8.46. The summed E-state index contributed by atoms with van der Waals surface area (Å²) in [6.45, 7) is 2.18. The fourth-order valence-corrected chi connectivity index (χ4v) is 3.73. The van der Waals surface area contributed by atoms with Gasteiger partial charge in [0, 0.05) is 48.6 Å². The summed E-state index contributed by atoms with van der Waals surface area (Å²) >= 11 is 0. The van der Waals surface area contributed by atoms with Crippen molar-refractivity contribution in [3.8, 4) is 5.75 Å². The molecule has 0 spiro atoms. The van der Waals surface area contributed by atoms with E-state index in [2.05, 4.69) is 101 Å². The summed E-state index contributed by atoms with van der Waals surface area (Å²) in [6.07, 6.45) is 6.75. The normalized spacial score (nSPS) is 18.0. The van der Waals surface area contributed by atoms with Gasteiger partial charge in [-0.15, -0.1) is 0 Å². The largest absolute Gasteiger partial charge is 0.456 e. The van der Waals surface area contributed by atoms with E-state index in [1.807, 2.05) is 0 Å². The maximum absolute atomic E-state index is 6.41. The fourth-order valence-electron chi connectivity index (χ4n) is 3.73. The second kappa shape index (κ2) is 6.75. The minimum atomic E-state index is 0.320. The Kier molecular flexibility index (Phi) is 4.40. The topological polar surface area (TPSA) is 16.9 Å². The molecule has 138 valence electrons. The number of ether oxygens (including phenoxy) is 1. The van der Waals surface area contributed by atoms with Crippen LogP contribution in [-0.4, -0.2) is 34.2 Å². The first-order chi connectivity index (χ1) is 13.0. The SMILES string of the molecule is Cc1ccccc1C1=C2C=CC([NH+](C)C)C=C2Oc2cc(N(C)C)ccc21. The molecule has 0 saturated carbocycles. The number of aryl methyl sites for hydroxylation is 1. The van der Waals surface area contributed by atoms with Crippen LogP contribution < -0.4 is 14.5 Å². The molecule has 4 rings (SSSR count). The zero-order valence-electron chi connectivity index (χ0n) is 16.7. The molecule has 1 unspecified atom stereocenters. The monoisotopic (exact) mass is 359 g/mol. The zero-order chi connectivity index (χ0) is 19.1. The van der Waals surface area contributed by atoms with Crippen molar-refractivity contribution in [3.63, 3.8) is 0 Å². The molecule has 2 aromatic carbocycles. The Morgan fingerprint density at radius 2 is 1.78 bits per heavy atom. The van der Waals surface area contributed by atoms with Crippen LogP contribution >= 0.6 is 0 Å². The summed E-state index contributed by atoms with van der Waals surface area (Å²) < 4.78 is 6.41. The number of quaternary nitrogens is 1. The lowest BCUT2D eigenvalue weighted by Crippen LogP contribution is -3.09. The summed E-state index contributed by atoms with van der Waals surface area (Å²) in [4.78, 5) is 3.48. The molecule has 1 aliphatic heterocycles. The molecular weight excluding hydrogens is 332 g/mol. The lowest BCUT2D eigenvalue weighted by Gasteiger charge is -2.30. The first-order valence-corrected chi connectivity index (χ1v) is 9.46. The summed E-state index contributed by atoms with van der Waals surface area (Å²) in [5, 5.41) is 0. The van der Waals surface area contributed by atoms with Crippen LogP contribution in [0, 0.1) is 6.92 Å². The molecule has 0 saturated heterocycles. The number of anilines is 1. The third-order valence-electron chi connectivity index (χ3n) is 5.39. The van der Waals surface area contributed by atoms with E-state index in [9.17, 15) is 0 Å². The predicted molar refractivity (Wildman–Crippen MR) is 112 cm³/mol. The van der Waals surface area contributed by atoms with E-state index in [0.717, 1.165) is 22.8 Å². The number of nitrogens with one attached hydrogen (secondary N) is 1. The van der Waals surface area contributed by atoms with Crippen LogP contribution in [-0.2, 0) is 0 Å². The third kappa shape index (κ3) is 3.08. The molecule has 1 aliphatic carbocycles. The third-order valence-corrected chi connectivity index (χ3v) is 5.39.